The molecule has 0 saturated carbocycles. The minimum atomic E-state index is -0.0550. The molecule has 0 rings (SSSR count). The van der Waals surface area contributed by atoms with E-state index in [0.717, 1.165) is 12.8 Å². The van der Waals surface area contributed by atoms with Gasteiger partial charge >= 0.3 is 5.97 Å². The van der Waals surface area contributed by atoms with Crippen molar-refractivity contribution in [2.45, 2.75) is 53.9 Å². The molecule has 0 N–H and O–H groups in total. The molecule has 0 amide bonds. The summed E-state index contributed by atoms with van der Waals surface area (Å²) >= 11 is 0. The van der Waals surface area contributed by atoms with Crippen LogP contribution in [-0.4, -0.2) is 12.6 Å². The van der Waals surface area contributed by atoms with Crippen LogP contribution in [0.3, 0.4) is 0 Å². The van der Waals surface area contributed by atoms with Crippen molar-refractivity contribution < 1.29 is 9.53 Å². The fraction of sp³-hybridized carbons (Fsp3) is 0.917. The smallest absolute Gasteiger partial charge is 0.305 e. The summed E-state index contributed by atoms with van der Waals surface area (Å²) in [5.41, 5.74) is 0.0852. The number of rotatable bonds is 6. The zero-order chi connectivity index (χ0) is 11.2. The van der Waals surface area contributed by atoms with Crippen LogP contribution in [0.15, 0.2) is 0 Å². The molecule has 0 saturated heterocycles. The molecule has 0 atom stereocenters. The molecule has 0 aromatic rings. The summed E-state index contributed by atoms with van der Waals surface area (Å²) in [6.45, 7) is 11.2. The summed E-state index contributed by atoms with van der Waals surface area (Å²) in [6, 6.07) is 0. The van der Waals surface area contributed by atoms with Gasteiger partial charge in [0.2, 0.25) is 0 Å². The van der Waals surface area contributed by atoms with Gasteiger partial charge in [0.25, 0.3) is 0 Å². The van der Waals surface area contributed by atoms with Crippen molar-refractivity contribution in [3.8, 4) is 0 Å². The molecule has 84 valence electrons. The van der Waals surface area contributed by atoms with Gasteiger partial charge in [-0.25, -0.2) is 0 Å². The van der Waals surface area contributed by atoms with Gasteiger partial charge in [-0.2, -0.15) is 0 Å². The highest BCUT2D eigenvalue weighted by Gasteiger charge is 2.24. The average molecular weight is 200 g/mol. The summed E-state index contributed by atoms with van der Waals surface area (Å²) in [5, 5.41) is 0. The Balaban J connectivity index is 3.76. The fourth-order valence-electron chi connectivity index (χ4n) is 0.826. The first kappa shape index (κ1) is 13.5. The number of esters is 1. The summed E-state index contributed by atoms with van der Waals surface area (Å²) in [5.74, 6) is 0.474. The Bertz CT molecular complexity index is 171. The lowest BCUT2D eigenvalue weighted by atomic mass is 9.82. The normalized spacial score (nSPS) is 11.9. The predicted molar refractivity (Wildman–Crippen MR) is 59.1 cm³/mol. The maximum atomic E-state index is 11.2. The number of carbonyl (C=O) groups excluding carboxylic acids is 1. The van der Waals surface area contributed by atoms with E-state index < -0.39 is 0 Å². The van der Waals surface area contributed by atoms with Gasteiger partial charge in [0, 0.05) is 11.8 Å². The molecule has 14 heavy (non-hydrogen) atoms. The number of unbranched alkanes of at least 4 members (excludes halogenated alkanes) is 1. The first-order chi connectivity index (χ1) is 6.40. The van der Waals surface area contributed by atoms with Gasteiger partial charge in [0.15, 0.2) is 0 Å². The van der Waals surface area contributed by atoms with E-state index in [1.165, 1.54) is 0 Å². The Morgan fingerprint density at radius 3 is 2.36 bits per heavy atom. The molecule has 0 fully saturated rings. The zero-order valence-corrected chi connectivity index (χ0v) is 10.2. The topological polar surface area (TPSA) is 26.3 Å². The molecule has 0 spiro atoms. The molecule has 0 aromatic carbocycles. The van der Waals surface area contributed by atoms with Gasteiger partial charge in [-0.3, -0.25) is 4.79 Å². The number of ether oxygens (including phenoxy) is 1. The summed E-state index contributed by atoms with van der Waals surface area (Å²) in [7, 11) is 0. The molecule has 0 aliphatic rings. The minimum Gasteiger partial charge on any atom is -0.465 e. The van der Waals surface area contributed by atoms with E-state index in [2.05, 4.69) is 34.6 Å². The van der Waals surface area contributed by atoms with Gasteiger partial charge in [-0.15, -0.1) is 0 Å². The molecular formula is C12H24O2. The molecule has 0 aliphatic heterocycles. The third-order valence-corrected chi connectivity index (χ3v) is 2.90. The van der Waals surface area contributed by atoms with E-state index >= 15 is 0 Å². The number of carbonyl (C=O) groups is 1. The van der Waals surface area contributed by atoms with E-state index in [-0.39, 0.29) is 11.4 Å². The standard InChI is InChI=1S/C12H24O2/c1-6-7-8-11(13)14-9-12(4,5)10(2)3/h10H,6-9H2,1-5H3. The highest BCUT2D eigenvalue weighted by molar-refractivity contribution is 5.69. The maximum Gasteiger partial charge on any atom is 0.305 e. The summed E-state index contributed by atoms with van der Waals surface area (Å²) in [6.07, 6.45) is 2.54. The van der Waals surface area contributed by atoms with Crippen LogP contribution in [0.5, 0.6) is 0 Å². The van der Waals surface area contributed by atoms with Crippen molar-refractivity contribution in [1.82, 2.24) is 0 Å². The molecule has 2 heteroatoms. The molecule has 2 nitrogen and oxygen atoms in total. The minimum absolute atomic E-state index is 0.0550. The molecule has 0 heterocycles. The first-order valence-corrected chi connectivity index (χ1v) is 5.55. The highest BCUT2D eigenvalue weighted by Crippen LogP contribution is 2.26. The Hall–Kier alpha value is -0.530. The lowest BCUT2D eigenvalue weighted by molar-refractivity contribution is -0.147. The first-order valence-electron chi connectivity index (χ1n) is 5.55. The number of hydrogen-bond donors (Lipinski definition) is 0. The van der Waals surface area contributed by atoms with Crippen molar-refractivity contribution in [1.29, 1.82) is 0 Å². The maximum absolute atomic E-state index is 11.2. The molecule has 0 unspecified atom stereocenters. The second kappa shape index (κ2) is 6.05. The third-order valence-electron chi connectivity index (χ3n) is 2.90. The van der Waals surface area contributed by atoms with Crippen molar-refractivity contribution in [3.63, 3.8) is 0 Å². The second-order valence-electron chi connectivity index (χ2n) is 4.91. The fourth-order valence-corrected chi connectivity index (χ4v) is 0.826. The Morgan fingerprint density at radius 1 is 1.36 bits per heavy atom. The van der Waals surface area contributed by atoms with Crippen molar-refractivity contribution in [3.05, 3.63) is 0 Å². The highest BCUT2D eigenvalue weighted by atomic mass is 16.5. The van der Waals surface area contributed by atoms with Gasteiger partial charge in [-0.05, 0) is 12.3 Å². The van der Waals surface area contributed by atoms with Crippen LogP contribution < -0.4 is 0 Å². The molecule has 0 bridgehead atoms. The van der Waals surface area contributed by atoms with E-state index in [1.54, 1.807) is 0 Å². The SMILES string of the molecule is CCCCC(=O)OCC(C)(C)C(C)C. The van der Waals surface area contributed by atoms with E-state index in [1.807, 2.05) is 0 Å². The van der Waals surface area contributed by atoms with E-state index in [9.17, 15) is 4.79 Å². The third kappa shape index (κ3) is 5.25. The van der Waals surface area contributed by atoms with Crippen molar-refractivity contribution in [2.24, 2.45) is 11.3 Å². The van der Waals surface area contributed by atoms with Gasteiger partial charge in [-0.1, -0.05) is 41.0 Å². The predicted octanol–water partition coefficient (Wildman–Crippen LogP) is 3.40. The van der Waals surface area contributed by atoms with Gasteiger partial charge in [0.1, 0.15) is 0 Å². The largest absolute Gasteiger partial charge is 0.465 e. The molecule has 0 radical (unpaired) electrons. The Morgan fingerprint density at radius 2 is 1.93 bits per heavy atom. The molecule has 0 aromatic heterocycles. The Kier molecular flexibility index (Phi) is 5.82. The van der Waals surface area contributed by atoms with Crippen LogP contribution in [0.1, 0.15) is 53.9 Å². The lowest BCUT2D eigenvalue weighted by Gasteiger charge is -2.28. The monoisotopic (exact) mass is 200 g/mol. The average Bonchev–Trinajstić information content (AvgIpc) is 2.11. The van der Waals surface area contributed by atoms with Crippen LogP contribution in [0.2, 0.25) is 0 Å². The molecule has 0 aliphatic carbocycles. The van der Waals surface area contributed by atoms with Crippen molar-refractivity contribution in [2.75, 3.05) is 6.61 Å². The summed E-state index contributed by atoms with van der Waals surface area (Å²) < 4.78 is 5.23. The lowest BCUT2D eigenvalue weighted by Crippen LogP contribution is -2.27. The Labute approximate surface area is 88.0 Å². The van der Waals surface area contributed by atoms with E-state index in [4.69, 9.17) is 4.74 Å². The second-order valence-corrected chi connectivity index (χ2v) is 4.91. The van der Waals surface area contributed by atoms with Crippen LogP contribution >= 0.6 is 0 Å². The van der Waals surface area contributed by atoms with Crippen molar-refractivity contribution >= 4 is 5.97 Å². The summed E-state index contributed by atoms with van der Waals surface area (Å²) in [4.78, 5) is 11.2. The van der Waals surface area contributed by atoms with Gasteiger partial charge < -0.3 is 4.74 Å². The molecular weight excluding hydrogens is 176 g/mol. The van der Waals surface area contributed by atoms with E-state index in [0.29, 0.717) is 18.9 Å². The number of hydrogen-bond acceptors (Lipinski definition) is 2. The van der Waals surface area contributed by atoms with Crippen LogP contribution in [0.25, 0.3) is 0 Å². The van der Waals surface area contributed by atoms with Crippen LogP contribution in [0, 0.1) is 11.3 Å². The van der Waals surface area contributed by atoms with Gasteiger partial charge in [0.05, 0.1) is 6.61 Å². The quantitative estimate of drug-likeness (QED) is 0.614. The zero-order valence-electron chi connectivity index (χ0n) is 10.2. The van der Waals surface area contributed by atoms with Crippen LogP contribution in [-0.2, 0) is 9.53 Å². The van der Waals surface area contributed by atoms with Crippen LogP contribution in [0.4, 0.5) is 0 Å².